The molecule has 0 aromatic carbocycles. The van der Waals surface area contributed by atoms with Gasteiger partial charge in [0, 0.05) is 32.9 Å². The lowest BCUT2D eigenvalue weighted by molar-refractivity contribution is 0.0997. The quantitative estimate of drug-likeness (QED) is 0.629. The molecule has 7 nitrogen and oxygen atoms in total. The summed E-state index contributed by atoms with van der Waals surface area (Å²) in [5.74, 6) is 1.44. The number of pyridine rings is 1. The highest BCUT2D eigenvalue weighted by Crippen LogP contribution is 2.42. The third-order valence-electron chi connectivity index (χ3n) is 8.08. The summed E-state index contributed by atoms with van der Waals surface area (Å²) in [6, 6.07) is 0.216. The molecule has 2 aromatic rings. The minimum Gasteiger partial charge on any atom is -0.461 e. The molecular weight excluding hydrogens is 433 g/mol. The van der Waals surface area contributed by atoms with Crippen molar-refractivity contribution in [2.75, 3.05) is 44.8 Å². The SMILES string of the molecule is CO[C@H]1CN2CCC[C@]2(COc2nc(N3CC4CCC(C4)C3)c3cnc(Cl)c(F)c3n2)C1. The zero-order valence-electron chi connectivity index (χ0n) is 18.4. The zero-order chi connectivity index (χ0) is 21.9. The number of aromatic nitrogens is 3. The van der Waals surface area contributed by atoms with E-state index in [0.717, 1.165) is 45.4 Å². The van der Waals surface area contributed by atoms with Gasteiger partial charge in [0.2, 0.25) is 0 Å². The van der Waals surface area contributed by atoms with Gasteiger partial charge in [-0.15, -0.1) is 0 Å². The van der Waals surface area contributed by atoms with Crippen LogP contribution in [0.2, 0.25) is 5.15 Å². The molecule has 6 rings (SSSR count). The molecule has 2 bridgehead atoms. The summed E-state index contributed by atoms with van der Waals surface area (Å²) in [6.07, 6.45) is 8.75. The zero-order valence-corrected chi connectivity index (χ0v) is 19.2. The highest BCUT2D eigenvalue weighted by Gasteiger charge is 2.49. The molecule has 4 atom stereocenters. The van der Waals surface area contributed by atoms with Gasteiger partial charge in [-0.3, -0.25) is 4.90 Å². The third kappa shape index (κ3) is 3.42. The van der Waals surface area contributed by atoms with Crippen LogP contribution >= 0.6 is 11.6 Å². The Hall–Kier alpha value is -1.77. The Labute approximate surface area is 192 Å². The van der Waals surface area contributed by atoms with E-state index < -0.39 is 5.82 Å². The van der Waals surface area contributed by atoms with Gasteiger partial charge in [-0.25, -0.2) is 9.37 Å². The molecule has 3 aliphatic heterocycles. The first-order valence-electron chi connectivity index (χ1n) is 11.7. The summed E-state index contributed by atoms with van der Waals surface area (Å²) < 4.78 is 26.8. The fourth-order valence-corrected chi connectivity index (χ4v) is 6.65. The number of methoxy groups -OCH3 is 1. The maximum Gasteiger partial charge on any atom is 0.319 e. The molecule has 172 valence electrons. The molecule has 0 spiro atoms. The van der Waals surface area contributed by atoms with Crippen LogP contribution in [-0.4, -0.2) is 71.4 Å². The number of halogens is 2. The Balaban J connectivity index is 1.34. The van der Waals surface area contributed by atoms with Crippen LogP contribution in [0.3, 0.4) is 0 Å². The molecule has 0 radical (unpaired) electrons. The van der Waals surface area contributed by atoms with E-state index in [4.69, 9.17) is 26.1 Å². The number of anilines is 1. The number of hydrogen-bond acceptors (Lipinski definition) is 7. The lowest BCUT2D eigenvalue weighted by Crippen LogP contribution is -2.43. The van der Waals surface area contributed by atoms with Crippen molar-refractivity contribution in [3.05, 3.63) is 17.2 Å². The first kappa shape index (κ1) is 20.8. The Bertz CT molecular complexity index is 1030. The summed E-state index contributed by atoms with van der Waals surface area (Å²) >= 11 is 6.00. The van der Waals surface area contributed by atoms with Gasteiger partial charge in [-0.1, -0.05) is 11.6 Å². The van der Waals surface area contributed by atoms with Crippen LogP contribution in [0.15, 0.2) is 6.20 Å². The molecular formula is C23H29ClFN5O2. The highest BCUT2D eigenvalue weighted by atomic mass is 35.5. The van der Waals surface area contributed by atoms with Gasteiger partial charge in [0.1, 0.15) is 17.9 Å². The molecule has 1 aliphatic carbocycles. The molecule has 1 saturated carbocycles. The molecule has 4 fully saturated rings. The maximum atomic E-state index is 15.0. The Morgan fingerprint density at radius 3 is 2.81 bits per heavy atom. The van der Waals surface area contributed by atoms with E-state index in [9.17, 15) is 4.39 Å². The molecule has 0 amide bonds. The van der Waals surface area contributed by atoms with Gasteiger partial charge in [-0.2, -0.15) is 9.97 Å². The molecule has 0 N–H and O–H groups in total. The molecule has 4 aliphatic rings. The summed E-state index contributed by atoms with van der Waals surface area (Å²) in [5.41, 5.74) is 0.127. The highest BCUT2D eigenvalue weighted by molar-refractivity contribution is 6.30. The second kappa shape index (κ2) is 7.92. The van der Waals surface area contributed by atoms with Crippen molar-refractivity contribution in [3.8, 4) is 6.01 Å². The number of ether oxygens (including phenoxy) is 2. The van der Waals surface area contributed by atoms with Gasteiger partial charge < -0.3 is 14.4 Å². The predicted octanol–water partition coefficient (Wildman–Crippen LogP) is 3.69. The van der Waals surface area contributed by atoms with Crippen LogP contribution in [0.25, 0.3) is 10.9 Å². The molecule has 2 unspecified atom stereocenters. The molecule has 5 heterocycles. The average Bonchev–Trinajstić information content (AvgIpc) is 3.46. The van der Waals surface area contributed by atoms with E-state index in [1.54, 1.807) is 13.3 Å². The summed E-state index contributed by atoms with van der Waals surface area (Å²) in [4.78, 5) is 18.0. The summed E-state index contributed by atoms with van der Waals surface area (Å²) in [5, 5.41) is 0.424. The standard InChI is InChI=1S/C23H29ClFN5O2/c1-31-16-8-23(5-2-6-30(23)12-16)13-32-22-27-19-17(9-26-20(24)18(19)25)21(28-22)29-10-14-3-4-15(7-14)11-29/h9,14-16H,2-8,10-13H2,1H3/t14?,15?,16-,23-/m1/s1. The predicted molar refractivity (Wildman–Crippen MR) is 120 cm³/mol. The van der Waals surface area contributed by atoms with Crippen molar-refractivity contribution >= 4 is 28.3 Å². The smallest absolute Gasteiger partial charge is 0.319 e. The van der Waals surface area contributed by atoms with Crippen LogP contribution < -0.4 is 9.64 Å². The van der Waals surface area contributed by atoms with Gasteiger partial charge in [0.25, 0.3) is 0 Å². The largest absolute Gasteiger partial charge is 0.461 e. The monoisotopic (exact) mass is 461 g/mol. The number of fused-ring (bicyclic) bond motifs is 4. The van der Waals surface area contributed by atoms with E-state index in [0.29, 0.717) is 29.6 Å². The van der Waals surface area contributed by atoms with E-state index in [1.807, 2.05) is 0 Å². The van der Waals surface area contributed by atoms with E-state index in [2.05, 4.69) is 19.8 Å². The van der Waals surface area contributed by atoms with Crippen molar-refractivity contribution in [3.63, 3.8) is 0 Å². The third-order valence-corrected chi connectivity index (χ3v) is 8.35. The lowest BCUT2D eigenvalue weighted by atomic mass is 9.94. The van der Waals surface area contributed by atoms with Crippen molar-refractivity contribution in [2.24, 2.45) is 11.8 Å². The topological polar surface area (TPSA) is 63.6 Å². The Morgan fingerprint density at radius 1 is 1.22 bits per heavy atom. The average molecular weight is 462 g/mol. The van der Waals surface area contributed by atoms with E-state index >= 15 is 0 Å². The van der Waals surface area contributed by atoms with Crippen molar-refractivity contribution in [2.45, 2.75) is 50.2 Å². The fraction of sp³-hybridized carbons (Fsp3) is 0.696. The normalized spacial score (nSPS) is 32.1. The van der Waals surface area contributed by atoms with Crippen LogP contribution in [0.4, 0.5) is 10.2 Å². The minimum atomic E-state index is -0.612. The van der Waals surface area contributed by atoms with Gasteiger partial charge >= 0.3 is 6.01 Å². The molecule has 2 aromatic heterocycles. The number of piperidine rings is 1. The van der Waals surface area contributed by atoms with Gasteiger partial charge in [-0.05, 0) is 56.9 Å². The fourth-order valence-electron chi connectivity index (χ4n) is 6.51. The second-order valence-corrected chi connectivity index (χ2v) is 10.4. The summed E-state index contributed by atoms with van der Waals surface area (Å²) in [7, 11) is 1.77. The van der Waals surface area contributed by atoms with Crippen LogP contribution in [0.5, 0.6) is 6.01 Å². The van der Waals surface area contributed by atoms with Crippen LogP contribution in [-0.2, 0) is 4.74 Å². The van der Waals surface area contributed by atoms with Crippen molar-refractivity contribution in [1.82, 2.24) is 19.9 Å². The first-order chi connectivity index (χ1) is 15.5. The summed E-state index contributed by atoms with van der Waals surface area (Å²) in [6.45, 7) is 4.32. The van der Waals surface area contributed by atoms with Gasteiger partial charge in [0.15, 0.2) is 11.0 Å². The molecule has 3 saturated heterocycles. The van der Waals surface area contributed by atoms with Gasteiger partial charge in [0.05, 0.1) is 17.0 Å². The van der Waals surface area contributed by atoms with Crippen molar-refractivity contribution in [1.29, 1.82) is 0 Å². The maximum absolute atomic E-state index is 15.0. The Kier molecular flexibility index (Phi) is 5.15. The van der Waals surface area contributed by atoms with E-state index in [1.165, 1.54) is 19.3 Å². The van der Waals surface area contributed by atoms with E-state index in [-0.39, 0.29) is 28.3 Å². The first-order valence-corrected chi connectivity index (χ1v) is 12.1. The Morgan fingerprint density at radius 2 is 2.03 bits per heavy atom. The number of rotatable bonds is 5. The van der Waals surface area contributed by atoms with Crippen LogP contribution in [0, 0.1) is 17.7 Å². The number of nitrogens with zero attached hydrogens (tertiary/aromatic N) is 5. The lowest BCUT2D eigenvalue weighted by Gasteiger charge is -2.34. The molecule has 9 heteroatoms. The second-order valence-electron chi connectivity index (χ2n) is 10.0. The van der Waals surface area contributed by atoms with Crippen molar-refractivity contribution < 1.29 is 13.9 Å². The molecule has 32 heavy (non-hydrogen) atoms. The minimum absolute atomic E-state index is 0.0577. The van der Waals surface area contributed by atoms with Crippen LogP contribution in [0.1, 0.15) is 38.5 Å². The number of hydrogen-bond donors (Lipinski definition) is 0.